The second-order valence-electron chi connectivity index (χ2n) is 5.23. The maximum atomic E-state index is 11.7. The van der Waals surface area contributed by atoms with Gasteiger partial charge in [-0.1, -0.05) is 29.3 Å². The van der Waals surface area contributed by atoms with E-state index in [-0.39, 0.29) is 5.91 Å². The zero-order valence-corrected chi connectivity index (χ0v) is 11.1. The second-order valence-corrected chi connectivity index (χ2v) is 5.23. The maximum Gasteiger partial charge on any atom is 0.222 e. The summed E-state index contributed by atoms with van der Waals surface area (Å²) in [6, 6.07) is 6.07. The van der Waals surface area contributed by atoms with Crippen molar-refractivity contribution in [2.45, 2.75) is 39.2 Å². The number of aryl methyl sites for hydroxylation is 2. The average Bonchev–Trinajstić information content (AvgIpc) is 2.31. The summed E-state index contributed by atoms with van der Waals surface area (Å²) in [5.41, 5.74) is 3.20. The lowest BCUT2D eigenvalue weighted by Gasteiger charge is -2.29. The number of β-amino-alcohol motifs (C(OH)–C–C–N with tert-alkyl or cyclic N) is 1. The summed E-state index contributed by atoms with van der Waals surface area (Å²) in [5.74, 6) is 0.171. The first-order valence-corrected chi connectivity index (χ1v) is 6.60. The predicted octanol–water partition coefficient (Wildman–Crippen LogP) is 2.35. The monoisotopic (exact) mass is 247 g/mol. The van der Waals surface area contributed by atoms with Gasteiger partial charge in [0.1, 0.15) is 0 Å². The molecule has 1 fully saturated rings. The minimum absolute atomic E-state index is 0.171. The van der Waals surface area contributed by atoms with Crippen LogP contribution in [0.4, 0.5) is 0 Å². The quantitative estimate of drug-likeness (QED) is 0.890. The SMILES string of the molecule is Cc1cc(C)cc(C(O)CN2CCCCC2=O)c1. The van der Waals surface area contributed by atoms with Crippen molar-refractivity contribution < 1.29 is 9.90 Å². The Morgan fingerprint density at radius 1 is 1.22 bits per heavy atom. The molecular weight excluding hydrogens is 226 g/mol. The lowest BCUT2D eigenvalue weighted by molar-refractivity contribution is -0.134. The number of aliphatic hydroxyl groups excluding tert-OH is 1. The summed E-state index contributed by atoms with van der Waals surface area (Å²) in [6.07, 6.45) is 2.07. The van der Waals surface area contributed by atoms with Crippen LogP contribution in [0.5, 0.6) is 0 Å². The second kappa shape index (κ2) is 5.53. The van der Waals surface area contributed by atoms with Gasteiger partial charge in [0.05, 0.1) is 12.6 Å². The van der Waals surface area contributed by atoms with Crippen molar-refractivity contribution in [1.29, 1.82) is 0 Å². The molecule has 98 valence electrons. The van der Waals surface area contributed by atoms with Crippen LogP contribution in [0.3, 0.4) is 0 Å². The Morgan fingerprint density at radius 3 is 2.50 bits per heavy atom. The highest BCUT2D eigenvalue weighted by atomic mass is 16.3. The van der Waals surface area contributed by atoms with Crippen LogP contribution in [0.2, 0.25) is 0 Å². The van der Waals surface area contributed by atoms with Crippen molar-refractivity contribution in [3.05, 3.63) is 34.9 Å². The van der Waals surface area contributed by atoms with Crippen LogP contribution in [0.25, 0.3) is 0 Å². The third-order valence-electron chi connectivity index (χ3n) is 3.44. The molecular formula is C15H21NO2. The normalized spacial score (nSPS) is 17.9. The number of hydrogen-bond donors (Lipinski definition) is 1. The van der Waals surface area contributed by atoms with Gasteiger partial charge < -0.3 is 10.0 Å². The number of piperidine rings is 1. The topological polar surface area (TPSA) is 40.5 Å². The number of nitrogens with zero attached hydrogens (tertiary/aromatic N) is 1. The van der Waals surface area contributed by atoms with Gasteiger partial charge in [0, 0.05) is 13.0 Å². The summed E-state index contributed by atoms with van der Waals surface area (Å²) in [7, 11) is 0. The van der Waals surface area contributed by atoms with Crippen molar-refractivity contribution in [3.63, 3.8) is 0 Å². The molecule has 1 amide bonds. The Kier molecular flexibility index (Phi) is 4.02. The number of hydrogen-bond acceptors (Lipinski definition) is 2. The van der Waals surface area contributed by atoms with E-state index in [1.54, 1.807) is 4.90 Å². The number of rotatable bonds is 3. The highest BCUT2D eigenvalue weighted by molar-refractivity contribution is 5.76. The summed E-state index contributed by atoms with van der Waals surface area (Å²) in [4.78, 5) is 13.5. The van der Waals surface area contributed by atoms with Gasteiger partial charge in [-0.2, -0.15) is 0 Å². The predicted molar refractivity (Wildman–Crippen MR) is 71.3 cm³/mol. The third-order valence-corrected chi connectivity index (χ3v) is 3.44. The third kappa shape index (κ3) is 3.10. The van der Waals surface area contributed by atoms with Crippen LogP contribution in [0.1, 0.15) is 42.1 Å². The molecule has 1 aliphatic rings. The van der Waals surface area contributed by atoms with Crippen LogP contribution >= 0.6 is 0 Å². The summed E-state index contributed by atoms with van der Waals surface area (Å²) < 4.78 is 0. The van der Waals surface area contributed by atoms with Gasteiger partial charge >= 0.3 is 0 Å². The molecule has 1 N–H and O–H groups in total. The first kappa shape index (κ1) is 13.1. The molecule has 1 saturated heterocycles. The smallest absolute Gasteiger partial charge is 0.222 e. The maximum absolute atomic E-state index is 11.7. The zero-order valence-electron chi connectivity index (χ0n) is 11.1. The van der Waals surface area contributed by atoms with Gasteiger partial charge in [0.2, 0.25) is 5.91 Å². The Bertz CT molecular complexity index is 422. The standard InChI is InChI=1S/C15H21NO2/c1-11-7-12(2)9-13(8-11)14(17)10-16-6-4-3-5-15(16)18/h7-9,14,17H,3-6,10H2,1-2H3. The highest BCUT2D eigenvalue weighted by Gasteiger charge is 2.21. The molecule has 2 rings (SSSR count). The first-order valence-electron chi connectivity index (χ1n) is 6.60. The minimum Gasteiger partial charge on any atom is -0.387 e. The molecule has 1 aromatic carbocycles. The Morgan fingerprint density at radius 2 is 1.89 bits per heavy atom. The number of amides is 1. The molecule has 1 heterocycles. The number of likely N-dealkylation sites (tertiary alicyclic amines) is 1. The largest absolute Gasteiger partial charge is 0.387 e. The first-order chi connectivity index (χ1) is 8.56. The summed E-state index contributed by atoms with van der Waals surface area (Å²) >= 11 is 0. The van der Waals surface area contributed by atoms with E-state index in [0.717, 1.165) is 36.1 Å². The van der Waals surface area contributed by atoms with Gasteiger partial charge in [-0.15, -0.1) is 0 Å². The molecule has 0 spiro atoms. The highest BCUT2D eigenvalue weighted by Crippen LogP contribution is 2.20. The average molecular weight is 247 g/mol. The van der Waals surface area contributed by atoms with Crippen LogP contribution in [0, 0.1) is 13.8 Å². The number of aliphatic hydroxyl groups is 1. The van der Waals surface area contributed by atoms with Crippen molar-refractivity contribution >= 4 is 5.91 Å². The Labute approximate surface area is 108 Å². The van der Waals surface area contributed by atoms with E-state index in [1.807, 2.05) is 26.0 Å². The van der Waals surface area contributed by atoms with Gasteiger partial charge in [0.15, 0.2) is 0 Å². The van der Waals surface area contributed by atoms with Crippen molar-refractivity contribution in [3.8, 4) is 0 Å². The lowest BCUT2D eigenvalue weighted by atomic mass is 10.0. The minimum atomic E-state index is -0.578. The van der Waals surface area contributed by atoms with E-state index in [4.69, 9.17) is 0 Å². The molecule has 3 nitrogen and oxygen atoms in total. The molecule has 1 unspecified atom stereocenters. The number of carbonyl (C=O) groups excluding carboxylic acids is 1. The van der Waals surface area contributed by atoms with E-state index in [9.17, 15) is 9.90 Å². The molecule has 1 aliphatic heterocycles. The fourth-order valence-electron chi connectivity index (χ4n) is 2.57. The van der Waals surface area contributed by atoms with Crippen LogP contribution in [-0.2, 0) is 4.79 Å². The molecule has 0 aliphatic carbocycles. The van der Waals surface area contributed by atoms with Gasteiger partial charge in [-0.05, 0) is 32.3 Å². The molecule has 0 bridgehead atoms. The van der Waals surface area contributed by atoms with Gasteiger partial charge in [-0.3, -0.25) is 4.79 Å². The van der Waals surface area contributed by atoms with Crippen LogP contribution in [0.15, 0.2) is 18.2 Å². The number of carbonyl (C=O) groups is 1. The van der Waals surface area contributed by atoms with E-state index in [2.05, 4.69) is 6.07 Å². The van der Waals surface area contributed by atoms with Crippen LogP contribution in [-0.4, -0.2) is 29.0 Å². The Hall–Kier alpha value is -1.35. The van der Waals surface area contributed by atoms with Gasteiger partial charge in [0.25, 0.3) is 0 Å². The van der Waals surface area contributed by atoms with Crippen molar-refractivity contribution in [2.24, 2.45) is 0 Å². The molecule has 3 heteroatoms. The van der Waals surface area contributed by atoms with E-state index in [0.29, 0.717) is 13.0 Å². The van der Waals surface area contributed by atoms with E-state index < -0.39 is 6.10 Å². The Balaban J connectivity index is 2.06. The number of benzene rings is 1. The molecule has 0 radical (unpaired) electrons. The van der Waals surface area contributed by atoms with Crippen molar-refractivity contribution in [2.75, 3.05) is 13.1 Å². The molecule has 1 atom stereocenters. The molecule has 1 aromatic rings. The van der Waals surface area contributed by atoms with Crippen LogP contribution < -0.4 is 0 Å². The lowest BCUT2D eigenvalue weighted by Crippen LogP contribution is -2.38. The van der Waals surface area contributed by atoms with Gasteiger partial charge in [-0.25, -0.2) is 0 Å². The molecule has 18 heavy (non-hydrogen) atoms. The zero-order chi connectivity index (χ0) is 13.1. The summed E-state index contributed by atoms with van der Waals surface area (Å²) in [5, 5.41) is 10.2. The molecule has 0 saturated carbocycles. The fourth-order valence-corrected chi connectivity index (χ4v) is 2.57. The fraction of sp³-hybridized carbons (Fsp3) is 0.533. The van der Waals surface area contributed by atoms with Crippen molar-refractivity contribution in [1.82, 2.24) is 4.90 Å². The summed E-state index contributed by atoms with van der Waals surface area (Å²) in [6.45, 7) is 5.24. The van der Waals surface area contributed by atoms with E-state index >= 15 is 0 Å². The molecule has 0 aromatic heterocycles. The van der Waals surface area contributed by atoms with E-state index in [1.165, 1.54) is 0 Å².